The first-order valence-corrected chi connectivity index (χ1v) is 20.5. The Morgan fingerprint density at radius 3 is 2.03 bits per heavy atom. The van der Waals surface area contributed by atoms with Crippen LogP contribution in [-0.2, 0) is 13.6 Å². The Bertz CT molecular complexity index is 696. The number of unbranched alkanes of at least 4 members (excludes halogenated alkanes) is 3. The SMILES string of the molecule is C=C[C@]1(O[Si](CC)(CC)CC)[C@@H]2C(=O)C[C@H]1[C@H](CCCCC/C=C/C)[C@H]2CCO[Si](CC)(CC)CC. The van der Waals surface area contributed by atoms with Gasteiger partial charge in [0.15, 0.2) is 16.6 Å². The van der Waals surface area contributed by atoms with Crippen molar-refractivity contribution in [1.82, 2.24) is 0 Å². The van der Waals surface area contributed by atoms with Crippen molar-refractivity contribution >= 4 is 22.4 Å². The Morgan fingerprint density at radius 1 is 0.889 bits per heavy atom. The quantitative estimate of drug-likeness (QED) is 0.0940. The zero-order valence-electron chi connectivity index (χ0n) is 24.9. The van der Waals surface area contributed by atoms with E-state index in [0.29, 0.717) is 30.0 Å². The Hall–Kier alpha value is -0.496. The summed E-state index contributed by atoms with van der Waals surface area (Å²) in [5, 5.41) is 0. The number of ketones is 1. The average molecular weight is 535 g/mol. The minimum absolute atomic E-state index is 0.0194. The Balaban J connectivity index is 2.30. The Kier molecular flexibility index (Phi) is 12.9. The average Bonchev–Trinajstić information content (AvgIpc) is 3.32. The van der Waals surface area contributed by atoms with E-state index >= 15 is 0 Å². The van der Waals surface area contributed by atoms with E-state index in [-0.39, 0.29) is 5.92 Å². The van der Waals surface area contributed by atoms with Gasteiger partial charge in [0.1, 0.15) is 5.78 Å². The van der Waals surface area contributed by atoms with Crippen molar-refractivity contribution in [2.75, 3.05) is 6.61 Å². The zero-order valence-corrected chi connectivity index (χ0v) is 26.9. The molecule has 0 aromatic carbocycles. The van der Waals surface area contributed by atoms with Gasteiger partial charge < -0.3 is 8.85 Å². The maximum absolute atomic E-state index is 13.5. The summed E-state index contributed by atoms with van der Waals surface area (Å²) >= 11 is 0. The molecule has 2 aliphatic carbocycles. The van der Waals surface area contributed by atoms with Gasteiger partial charge in [0.2, 0.25) is 0 Å². The third-order valence-corrected chi connectivity index (χ3v) is 19.7. The molecule has 5 heteroatoms. The summed E-state index contributed by atoms with van der Waals surface area (Å²) in [6.45, 7) is 21.1. The number of hydrogen-bond donors (Lipinski definition) is 0. The lowest BCUT2D eigenvalue weighted by molar-refractivity contribution is -0.126. The molecule has 0 heterocycles. The van der Waals surface area contributed by atoms with Gasteiger partial charge in [-0.05, 0) is 80.7 Å². The largest absolute Gasteiger partial charge is 0.417 e. The minimum atomic E-state index is -1.90. The fourth-order valence-corrected chi connectivity index (χ4v) is 13.3. The van der Waals surface area contributed by atoms with Crippen molar-refractivity contribution in [3.63, 3.8) is 0 Å². The molecular weight excluding hydrogens is 477 g/mol. The molecular formula is C31H58O3Si2. The van der Waals surface area contributed by atoms with Crippen molar-refractivity contribution in [2.24, 2.45) is 23.7 Å². The van der Waals surface area contributed by atoms with Crippen LogP contribution in [0.5, 0.6) is 0 Å². The topological polar surface area (TPSA) is 35.5 Å². The van der Waals surface area contributed by atoms with Gasteiger partial charge in [-0.1, -0.05) is 72.6 Å². The summed E-state index contributed by atoms with van der Waals surface area (Å²) in [6, 6.07) is 6.90. The highest BCUT2D eigenvalue weighted by Gasteiger charge is 2.67. The maximum Gasteiger partial charge on any atom is 0.193 e. The monoisotopic (exact) mass is 534 g/mol. The highest BCUT2D eigenvalue weighted by Crippen LogP contribution is 2.62. The zero-order chi connectivity index (χ0) is 26.8. The number of allylic oxidation sites excluding steroid dienone is 2. The molecule has 0 spiro atoms. The van der Waals surface area contributed by atoms with Gasteiger partial charge in [0.05, 0.1) is 11.5 Å². The van der Waals surface area contributed by atoms with Crippen molar-refractivity contribution in [3.8, 4) is 0 Å². The summed E-state index contributed by atoms with van der Waals surface area (Å²) < 4.78 is 14.1. The maximum atomic E-state index is 13.5. The van der Waals surface area contributed by atoms with Gasteiger partial charge in [0, 0.05) is 18.9 Å². The van der Waals surface area contributed by atoms with Crippen molar-refractivity contribution in [3.05, 3.63) is 24.8 Å². The van der Waals surface area contributed by atoms with E-state index in [9.17, 15) is 4.79 Å². The molecule has 2 fully saturated rings. The number of Topliss-reactive ketones (excluding diaryl/α,β-unsaturated/α-hetero) is 1. The summed E-state index contributed by atoms with van der Waals surface area (Å²) in [6.07, 6.45) is 14.4. The molecule has 0 aliphatic heterocycles. The van der Waals surface area contributed by atoms with Crippen LogP contribution in [0.2, 0.25) is 36.3 Å². The molecule has 0 aromatic rings. The number of rotatable bonds is 19. The highest BCUT2D eigenvalue weighted by molar-refractivity contribution is 6.74. The summed E-state index contributed by atoms with van der Waals surface area (Å²) in [5.74, 6) is 1.64. The second-order valence-electron chi connectivity index (χ2n) is 11.6. The molecule has 0 saturated heterocycles. The molecule has 0 amide bonds. The predicted octanol–water partition coefficient (Wildman–Crippen LogP) is 9.32. The molecule has 3 nitrogen and oxygen atoms in total. The first kappa shape index (κ1) is 31.7. The highest BCUT2D eigenvalue weighted by atomic mass is 28.4. The molecule has 0 unspecified atom stereocenters. The van der Waals surface area contributed by atoms with Gasteiger partial charge in [-0.15, -0.1) is 6.58 Å². The number of hydrogen-bond acceptors (Lipinski definition) is 3. The van der Waals surface area contributed by atoms with Gasteiger partial charge in [0.25, 0.3) is 0 Å². The van der Waals surface area contributed by atoms with Crippen LogP contribution in [0, 0.1) is 23.7 Å². The van der Waals surface area contributed by atoms with Crippen LogP contribution in [0.25, 0.3) is 0 Å². The second-order valence-corrected chi connectivity index (χ2v) is 21.0. The van der Waals surface area contributed by atoms with Crippen molar-refractivity contribution < 1.29 is 13.6 Å². The van der Waals surface area contributed by atoms with E-state index in [0.717, 1.165) is 31.2 Å². The smallest absolute Gasteiger partial charge is 0.193 e. The molecule has 2 aliphatic rings. The molecule has 2 saturated carbocycles. The standard InChI is InChI=1S/C31H58O3Si2/c1-9-17-18-19-20-21-22-26-27(23-24-33-35(11-3,12-4)13-5)30-29(32)25-28(26)31(30,10-2)34-36(14-6,15-7)16-8/h9-10,17,26-28,30H,2,11-16,18-25H2,1,3-8H3/b17-9+/t26-,27-,28+,30+,31-/m1/s1. The van der Waals surface area contributed by atoms with Gasteiger partial charge in [-0.25, -0.2) is 0 Å². The molecule has 0 aromatic heterocycles. The van der Waals surface area contributed by atoms with E-state index < -0.39 is 22.2 Å². The van der Waals surface area contributed by atoms with Crippen LogP contribution >= 0.6 is 0 Å². The summed E-state index contributed by atoms with van der Waals surface area (Å²) in [5.41, 5.74) is -0.444. The molecule has 208 valence electrons. The first-order valence-electron chi connectivity index (χ1n) is 15.4. The Morgan fingerprint density at radius 2 is 1.50 bits per heavy atom. The van der Waals surface area contributed by atoms with Crippen LogP contribution in [0.1, 0.15) is 93.4 Å². The molecule has 5 atom stereocenters. The molecule has 2 bridgehead atoms. The van der Waals surface area contributed by atoms with E-state index in [1.165, 1.54) is 50.2 Å². The summed E-state index contributed by atoms with van der Waals surface area (Å²) in [7, 11) is -3.52. The fraction of sp³-hybridized carbons (Fsp3) is 0.839. The third kappa shape index (κ3) is 6.55. The minimum Gasteiger partial charge on any atom is -0.417 e. The Labute approximate surface area is 226 Å². The molecule has 0 radical (unpaired) electrons. The lowest BCUT2D eigenvalue weighted by atomic mass is 9.74. The normalized spacial score (nSPS) is 28.5. The fourth-order valence-electron chi connectivity index (χ4n) is 7.64. The van der Waals surface area contributed by atoms with Crippen LogP contribution in [-0.4, -0.2) is 34.6 Å². The molecule has 36 heavy (non-hydrogen) atoms. The van der Waals surface area contributed by atoms with Crippen LogP contribution in [0.15, 0.2) is 24.8 Å². The van der Waals surface area contributed by atoms with Gasteiger partial charge in [-0.3, -0.25) is 4.79 Å². The molecule has 2 rings (SSSR count). The van der Waals surface area contributed by atoms with Crippen LogP contribution in [0.3, 0.4) is 0 Å². The lowest BCUT2D eigenvalue weighted by Gasteiger charge is -2.42. The van der Waals surface area contributed by atoms with E-state index in [1.807, 2.05) is 0 Å². The first-order chi connectivity index (χ1) is 17.3. The van der Waals surface area contributed by atoms with Gasteiger partial charge in [-0.2, -0.15) is 0 Å². The van der Waals surface area contributed by atoms with E-state index in [1.54, 1.807) is 0 Å². The van der Waals surface area contributed by atoms with E-state index in [2.05, 4.69) is 73.3 Å². The third-order valence-electron chi connectivity index (χ3n) is 10.4. The predicted molar refractivity (Wildman–Crippen MR) is 160 cm³/mol. The van der Waals surface area contributed by atoms with Crippen molar-refractivity contribution in [2.45, 2.75) is 135 Å². The van der Waals surface area contributed by atoms with Crippen molar-refractivity contribution in [1.29, 1.82) is 0 Å². The number of carbonyl (C=O) groups excluding carboxylic acids is 1. The molecule has 0 N–H and O–H groups in total. The lowest BCUT2D eigenvalue weighted by Crippen LogP contribution is -2.50. The van der Waals surface area contributed by atoms with Crippen LogP contribution in [0.4, 0.5) is 0 Å². The van der Waals surface area contributed by atoms with Gasteiger partial charge >= 0.3 is 0 Å². The summed E-state index contributed by atoms with van der Waals surface area (Å²) in [4.78, 5) is 13.5. The van der Waals surface area contributed by atoms with Crippen LogP contribution < -0.4 is 0 Å². The van der Waals surface area contributed by atoms with E-state index in [4.69, 9.17) is 8.85 Å². The number of carbonyl (C=O) groups is 1. The number of fused-ring (bicyclic) bond motifs is 2. The second kappa shape index (κ2) is 14.6.